The van der Waals surface area contributed by atoms with E-state index in [0.717, 1.165) is 5.56 Å². The maximum atomic E-state index is 12.8. The molecule has 1 aromatic carbocycles. The number of carbonyl (C=O) groups is 5. The third kappa shape index (κ3) is 8.08. The van der Waals surface area contributed by atoms with Gasteiger partial charge in [0.1, 0.15) is 23.1 Å². The van der Waals surface area contributed by atoms with E-state index in [0.29, 0.717) is 22.4 Å². The highest BCUT2D eigenvalue weighted by Crippen LogP contribution is 2.40. The van der Waals surface area contributed by atoms with Gasteiger partial charge in [-0.25, -0.2) is 4.79 Å². The molecule has 0 spiro atoms. The molecule has 1 fully saturated rings. The number of carboxylic acids is 2. The van der Waals surface area contributed by atoms with Crippen LogP contribution in [0.3, 0.4) is 0 Å². The Bertz CT molecular complexity index is 1220. The van der Waals surface area contributed by atoms with E-state index in [-0.39, 0.29) is 18.0 Å². The van der Waals surface area contributed by atoms with Gasteiger partial charge in [0.25, 0.3) is 11.8 Å². The van der Waals surface area contributed by atoms with E-state index in [9.17, 15) is 37.5 Å². The largest absolute Gasteiger partial charge is 0.542 e. The summed E-state index contributed by atoms with van der Waals surface area (Å²) in [5.74, 6) is -4.95. The van der Waals surface area contributed by atoms with Gasteiger partial charge in [0.05, 0.1) is 27.1 Å². The summed E-state index contributed by atoms with van der Waals surface area (Å²) in [6, 6.07) is 8.03. The van der Waals surface area contributed by atoms with Crippen LogP contribution in [0.1, 0.15) is 12.5 Å². The zero-order chi connectivity index (χ0) is 30.4. The lowest BCUT2D eigenvalue weighted by Crippen LogP contribution is -2.70. The van der Waals surface area contributed by atoms with E-state index in [1.165, 1.54) is 16.7 Å². The molecule has 0 aromatic heterocycles. The SMILES string of the molecule is C[C@H](C(N)=O)[N+](C)(C)C/C=C/C1=C(C(=O)O)N2C(=O)[C@@H](NC(=O)Cc3ccccc3)[C@@H]2SC1.O=C([O-])C(F)(F)F. The second-order valence-electron chi connectivity index (χ2n) is 9.52. The van der Waals surface area contributed by atoms with E-state index < -0.39 is 47.4 Å². The quantitative estimate of drug-likeness (QED) is 0.263. The lowest BCUT2D eigenvalue weighted by atomic mass is 10.0. The number of amides is 3. The molecule has 2 aliphatic heterocycles. The Labute approximate surface area is 232 Å². The third-order valence-corrected chi connectivity index (χ3v) is 7.61. The number of likely N-dealkylation sites (N-methyl/N-ethyl adjacent to an activating group) is 1. The number of thioether (sulfide) groups is 1. The van der Waals surface area contributed by atoms with E-state index in [1.54, 1.807) is 19.1 Å². The van der Waals surface area contributed by atoms with Gasteiger partial charge >= 0.3 is 12.1 Å². The molecule has 3 amide bonds. The van der Waals surface area contributed by atoms with Crippen LogP contribution in [0.25, 0.3) is 0 Å². The van der Waals surface area contributed by atoms with E-state index in [2.05, 4.69) is 5.32 Å². The van der Waals surface area contributed by atoms with Crippen LogP contribution in [0.4, 0.5) is 13.2 Å². The molecular weight excluding hydrogens is 557 g/mol. The lowest BCUT2D eigenvalue weighted by molar-refractivity contribution is -0.898. The number of rotatable bonds is 9. The van der Waals surface area contributed by atoms with Gasteiger partial charge in [-0.05, 0) is 24.1 Å². The first-order valence-corrected chi connectivity index (χ1v) is 12.8. The number of allylic oxidation sites excluding steroid dienone is 1. The number of nitrogens with zero attached hydrogens (tertiary/aromatic N) is 2. The number of primary amides is 1. The summed E-state index contributed by atoms with van der Waals surface area (Å²) >= 11 is 1.41. The maximum absolute atomic E-state index is 12.8. The summed E-state index contributed by atoms with van der Waals surface area (Å²) in [6.45, 7) is 2.20. The van der Waals surface area contributed by atoms with Gasteiger partial charge in [-0.1, -0.05) is 36.4 Å². The first-order valence-electron chi connectivity index (χ1n) is 11.8. The average Bonchev–Trinajstić information content (AvgIpc) is 2.86. The van der Waals surface area contributed by atoms with Crippen molar-refractivity contribution in [2.24, 2.45) is 5.73 Å². The van der Waals surface area contributed by atoms with Crippen LogP contribution in [0.5, 0.6) is 0 Å². The summed E-state index contributed by atoms with van der Waals surface area (Å²) in [5.41, 5.74) is 6.68. The van der Waals surface area contributed by atoms with Crippen molar-refractivity contribution in [3.63, 3.8) is 0 Å². The van der Waals surface area contributed by atoms with Crippen molar-refractivity contribution >= 4 is 41.4 Å². The van der Waals surface area contributed by atoms with Gasteiger partial charge in [-0.2, -0.15) is 13.2 Å². The van der Waals surface area contributed by atoms with Gasteiger partial charge in [0, 0.05) is 5.75 Å². The first kappa shape index (κ1) is 32.4. The number of nitrogens with one attached hydrogen (secondary N) is 1. The molecule has 11 nitrogen and oxygen atoms in total. The molecule has 40 heavy (non-hydrogen) atoms. The van der Waals surface area contributed by atoms with E-state index >= 15 is 0 Å². The fourth-order valence-corrected chi connectivity index (χ4v) is 5.06. The van der Waals surface area contributed by atoms with Crippen molar-refractivity contribution in [1.29, 1.82) is 0 Å². The monoisotopic (exact) mass is 586 g/mol. The Morgan fingerprint density at radius 2 is 1.82 bits per heavy atom. The zero-order valence-electron chi connectivity index (χ0n) is 21.8. The topological polar surface area (TPSA) is 170 Å². The first-order chi connectivity index (χ1) is 18.5. The number of β-lactam (4-membered cyclic amide) rings is 1. The number of halogens is 3. The number of hydrogen-bond acceptors (Lipinski definition) is 7. The molecule has 218 valence electrons. The van der Waals surface area contributed by atoms with Crippen LogP contribution in [-0.2, 0) is 30.4 Å². The Balaban J connectivity index is 0.000000708. The second-order valence-corrected chi connectivity index (χ2v) is 10.6. The Morgan fingerprint density at radius 1 is 1.25 bits per heavy atom. The molecule has 0 unspecified atom stereocenters. The molecule has 1 aromatic rings. The van der Waals surface area contributed by atoms with Crippen molar-refractivity contribution in [2.75, 3.05) is 26.4 Å². The third-order valence-electron chi connectivity index (χ3n) is 6.31. The molecule has 3 atom stereocenters. The van der Waals surface area contributed by atoms with Crippen LogP contribution >= 0.6 is 11.8 Å². The van der Waals surface area contributed by atoms with Crippen molar-refractivity contribution in [3.8, 4) is 0 Å². The molecule has 1 saturated heterocycles. The Morgan fingerprint density at radius 3 is 2.33 bits per heavy atom. The standard InChI is InChI=1S/C23H28N4O5S.C2HF3O2/c1-14(20(24)29)27(2,3)11-7-10-16-13-33-22-18(21(30)26(22)19(16)23(31)32)25-17(28)12-15-8-5-4-6-9-15;3-2(4,5)1(6)7/h4-10,14,18,22H,11-13H2,1-3H3,(H3-,24,25,28,29,31,32);(H,6,7)/b10-7+;/t14-,18-,22+;/m1./s1. The minimum Gasteiger partial charge on any atom is -0.542 e. The van der Waals surface area contributed by atoms with Crippen LogP contribution in [0.2, 0.25) is 0 Å². The molecule has 2 aliphatic rings. The van der Waals surface area contributed by atoms with E-state index in [4.69, 9.17) is 15.6 Å². The molecule has 3 rings (SSSR count). The molecular formula is C25H29F3N4O7S. The predicted octanol–water partition coefficient (Wildman–Crippen LogP) is -0.227. The van der Waals surface area contributed by atoms with Crippen LogP contribution in [0.15, 0.2) is 53.8 Å². The average molecular weight is 587 g/mol. The van der Waals surface area contributed by atoms with E-state index in [1.807, 2.05) is 44.4 Å². The van der Waals surface area contributed by atoms with Crippen molar-refractivity contribution in [3.05, 3.63) is 59.3 Å². The fraction of sp³-hybridized carbons (Fsp3) is 0.400. The minimum absolute atomic E-state index is 0.0678. The summed E-state index contributed by atoms with van der Waals surface area (Å²) in [5, 5.41) is 20.9. The zero-order valence-corrected chi connectivity index (χ0v) is 22.6. The number of benzene rings is 1. The molecule has 15 heteroatoms. The smallest absolute Gasteiger partial charge is 0.430 e. The highest BCUT2D eigenvalue weighted by atomic mass is 32.2. The van der Waals surface area contributed by atoms with Gasteiger partial charge in [0.2, 0.25) is 5.91 Å². The molecule has 0 bridgehead atoms. The molecule has 0 radical (unpaired) electrons. The number of carboxylic acid groups (broad SMARTS) is 2. The summed E-state index contributed by atoms with van der Waals surface area (Å²) in [6.07, 6.45) is -1.56. The highest BCUT2D eigenvalue weighted by molar-refractivity contribution is 8.00. The number of fused-ring (bicyclic) bond motifs is 1. The predicted molar refractivity (Wildman–Crippen MR) is 136 cm³/mol. The van der Waals surface area contributed by atoms with Crippen LogP contribution in [-0.4, -0.2) is 94.2 Å². The Kier molecular flexibility index (Phi) is 10.5. The van der Waals surface area contributed by atoms with Gasteiger partial charge in [-0.15, -0.1) is 11.8 Å². The van der Waals surface area contributed by atoms with Gasteiger partial charge in [0.15, 0.2) is 6.04 Å². The Hall–Kier alpha value is -3.85. The lowest BCUT2D eigenvalue weighted by Gasteiger charge is -2.49. The number of hydrogen-bond donors (Lipinski definition) is 3. The molecule has 2 heterocycles. The minimum atomic E-state index is -5.19. The molecule has 4 N–H and O–H groups in total. The summed E-state index contributed by atoms with van der Waals surface area (Å²) in [7, 11) is 3.72. The second kappa shape index (κ2) is 13.0. The number of carbonyl (C=O) groups excluding carboxylic acids is 4. The fourth-order valence-electron chi connectivity index (χ4n) is 3.75. The number of quaternary nitrogens is 1. The number of aliphatic carboxylic acids is 2. The highest BCUT2D eigenvalue weighted by Gasteiger charge is 2.53. The van der Waals surface area contributed by atoms with Crippen molar-refractivity contribution in [2.45, 2.75) is 37.0 Å². The molecule has 0 saturated carbocycles. The van der Waals surface area contributed by atoms with Gasteiger partial charge in [-0.3, -0.25) is 19.3 Å². The van der Waals surface area contributed by atoms with Crippen LogP contribution in [0, 0.1) is 0 Å². The number of alkyl halides is 3. The number of nitrogens with two attached hydrogens (primary N) is 1. The van der Waals surface area contributed by atoms with Crippen LogP contribution < -0.4 is 16.2 Å². The normalized spacial score (nSPS) is 19.6. The van der Waals surface area contributed by atoms with Crippen molar-refractivity contribution in [1.82, 2.24) is 10.2 Å². The van der Waals surface area contributed by atoms with Gasteiger partial charge < -0.3 is 30.5 Å². The molecule has 0 aliphatic carbocycles. The maximum Gasteiger partial charge on any atom is 0.430 e. The summed E-state index contributed by atoms with van der Waals surface area (Å²) in [4.78, 5) is 58.7. The summed E-state index contributed by atoms with van der Waals surface area (Å²) < 4.78 is 31.9. The van der Waals surface area contributed by atoms with Crippen molar-refractivity contribution < 1.29 is 51.8 Å².